The first kappa shape index (κ1) is 20.9. The SMILES string of the molecule is C[C@H](NC(=O)COC(=O)c1cccc(CS(C)(=O)=O)c1)c1cccc(Cl)c1. The Kier molecular flexibility index (Phi) is 6.98. The average molecular weight is 410 g/mol. The zero-order chi connectivity index (χ0) is 20.0. The first-order chi connectivity index (χ1) is 12.6. The molecule has 0 saturated carbocycles. The summed E-state index contributed by atoms with van der Waals surface area (Å²) in [5.41, 5.74) is 1.49. The third-order valence-electron chi connectivity index (χ3n) is 3.65. The van der Waals surface area contributed by atoms with Crippen molar-refractivity contribution in [1.82, 2.24) is 5.32 Å². The molecule has 0 bridgehead atoms. The second-order valence-electron chi connectivity index (χ2n) is 6.19. The minimum absolute atomic E-state index is 0.175. The second-order valence-corrected chi connectivity index (χ2v) is 8.77. The summed E-state index contributed by atoms with van der Waals surface area (Å²) in [5.74, 6) is -1.33. The van der Waals surface area contributed by atoms with Crippen LogP contribution in [0.15, 0.2) is 48.5 Å². The number of esters is 1. The summed E-state index contributed by atoms with van der Waals surface area (Å²) in [4.78, 5) is 24.1. The molecule has 27 heavy (non-hydrogen) atoms. The molecule has 0 aromatic heterocycles. The Balaban J connectivity index is 1.91. The number of hydrogen-bond donors (Lipinski definition) is 1. The summed E-state index contributed by atoms with van der Waals surface area (Å²) >= 11 is 5.93. The number of benzene rings is 2. The summed E-state index contributed by atoms with van der Waals surface area (Å²) in [6.07, 6.45) is 1.11. The lowest BCUT2D eigenvalue weighted by Gasteiger charge is -2.14. The van der Waals surface area contributed by atoms with Crippen molar-refractivity contribution in [2.24, 2.45) is 0 Å². The van der Waals surface area contributed by atoms with Gasteiger partial charge in [0.25, 0.3) is 5.91 Å². The second kappa shape index (κ2) is 9.01. The summed E-state index contributed by atoms with van der Waals surface area (Å²) in [7, 11) is -3.21. The van der Waals surface area contributed by atoms with Gasteiger partial charge < -0.3 is 10.1 Å². The zero-order valence-corrected chi connectivity index (χ0v) is 16.5. The van der Waals surface area contributed by atoms with Crippen LogP contribution >= 0.6 is 11.6 Å². The number of amides is 1. The molecule has 0 fully saturated rings. The fourth-order valence-electron chi connectivity index (χ4n) is 2.45. The molecule has 1 atom stereocenters. The van der Waals surface area contributed by atoms with Crippen LogP contribution in [0.3, 0.4) is 0 Å². The maximum Gasteiger partial charge on any atom is 0.338 e. The Morgan fingerprint density at radius 1 is 1.15 bits per heavy atom. The van der Waals surface area contributed by atoms with Gasteiger partial charge in [-0.2, -0.15) is 0 Å². The third-order valence-corrected chi connectivity index (χ3v) is 4.74. The molecular formula is C19H20ClNO5S. The molecule has 0 radical (unpaired) electrons. The summed E-state index contributed by atoms with van der Waals surface area (Å²) in [6, 6.07) is 12.9. The van der Waals surface area contributed by atoms with Crippen molar-refractivity contribution < 1.29 is 22.7 Å². The number of nitrogens with one attached hydrogen (secondary N) is 1. The van der Waals surface area contributed by atoms with Crippen molar-refractivity contribution in [2.45, 2.75) is 18.7 Å². The predicted octanol–water partition coefficient (Wildman–Crippen LogP) is 2.92. The van der Waals surface area contributed by atoms with E-state index in [1.54, 1.807) is 37.3 Å². The van der Waals surface area contributed by atoms with Crippen molar-refractivity contribution in [3.8, 4) is 0 Å². The summed E-state index contributed by atoms with van der Waals surface area (Å²) < 4.78 is 27.7. The number of halogens is 1. The van der Waals surface area contributed by atoms with Crippen LogP contribution in [0.25, 0.3) is 0 Å². The minimum Gasteiger partial charge on any atom is -0.452 e. The van der Waals surface area contributed by atoms with Crippen LogP contribution in [0.1, 0.15) is 34.5 Å². The maximum absolute atomic E-state index is 12.1. The van der Waals surface area contributed by atoms with E-state index in [1.165, 1.54) is 12.1 Å². The van der Waals surface area contributed by atoms with Crippen molar-refractivity contribution in [1.29, 1.82) is 0 Å². The standard InChI is InChI=1S/C19H20ClNO5S/c1-13(15-6-4-8-17(20)10-15)21-18(22)11-26-19(23)16-7-3-5-14(9-16)12-27(2,24)25/h3-10,13H,11-12H2,1-2H3,(H,21,22)/t13-/m0/s1. The largest absolute Gasteiger partial charge is 0.452 e. The van der Waals surface area contributed by atoms with Crippen LogP contribution in [0, 0.1) is 0 Å². The van der Waals surface area contributed by atoms with Crippen molar-refractivity contribution in [2.75, 3.05) is 12.9 Å². The molecule has 2 aromatic carbocycles. The molecule has 2 rings (SSSR count). The lowest BCUT2D eigenvalue weighted by molar-refractivity contribution is -0.124. The lowest BCUT2D eigenvalue weighted by Crippen LogP contribution is -2.31. The molecule has 6 nitrogen and oxygen atoms in total. The van der Waals surface area contributed by atoms with Crippen molar-refractivity contribution in [3.05, 3.63) is 70.2 Å². The van der Waals surface area contributed by atoms with Gasteiger partial charge in [0.05, 0.1) is 17.4 Å². The Bertz CT molecular complexity index is 943. The first-order valence-corrected chi connectivity index (χ1v) is 10.6. The fraction of sp³-hybridized carbons (Fsp3) is 0.263. The van der Waals surface area contributed by atoms with E-state index in [1.807, 2.05) is 6.07 Å². The number of carbonyl (C=O) groups is 2. The number of ether oxygens (including phenoxy) is 1. The van der Waals surface area contributed by atoms with Crippen LogP contribution in [0.2, 0.25) is 5.02 Å². The molecule has 0 saturated heterocycles. The number of rotatable bonds is 7. The van der Waals surface area contributed by atoms with E-state index in [4.69, 9.17) is 16.3 Å². The topological polar surface area (TPSA) is 89.5 Å². The molecule has 1 N–H and O–H groups in total. The normalized spacial score (nSPS) is 12.3. The quantitative estimate of drug-likeness (QED) is 0.710. The van der Waals surface area contributed by atoms with Crippen LogP contribution in [-0.2, 0) is 25.1 Å². The van der Waals surface area contributed by atoms with Gasteiger partial charge in [-0.15, -0.1) is 0 Å². The number of carbonyl (C=O) groups excluding carboxylic acids is 2. The highest BCUT2D eigenvalue weighted by Gasteiger charge is 2.14. The predicted molar refractivity (Wildman–Crippen MR) is 103 cm³/mol. The Hall–Kier alpha value is -2.38. The Labute approximate surface area is 163 Å². The monoisotopic (exact) mass is 409 g/mol. The zero-order valence-electron chi connectivity index (χ0n) is 14.9. The van der Waals surface area contributed by atoms with E-state index < -0.39 is 28.3 Å². The van der Waals surface area contributed by atoms with E-state index >= 15 is 0 Å². The van der Waals surface area contributed by atoms with Crippen LogP contribution in [0.4, 0.5) is 0 Å². The van der Waals surface area contributed by atoms with Gasteiger partial charge in [0.1, 0.15) is 0 Å². The third kappa shape index (κ3) is 7.03. The summed E-state index contributed by atoms with van der Waals surface area (Å²) in [6.45, 7) is 1.35. The van der Waals surface area contributed by atoms with Gasteiger partial charge in [-0.05, 0) is 42.3 Å². The van der Waals surface area contributed by atoms with Gasteiger partial charge in [-0.1, -0.05) is 35.9 Å². The number of hydrogen-bond acceptors (Lipinski definition) is 5. The molecule has 0 spiro atoms. The van der Waals surface area contributed by atoms with Gasteiger partial charge in [-0.3, -0.25) is 4.79 Å². The van der Waals surface area contributed by atoms with Crippen LogP contribution in [0.5, 0.6) is 0 Å². The smallest absolute Gasteiger partial charge is 0.338 e. The van der Waals surface area contributed by atoms with Crippen LogP contribution < -0.4 is 5.32 Å². The van der Waals surface area contributed by atoms with Crippen molar-refractivity contribution >= 4 is 33.3 Å². The molecule has 0 aliphatic rings. The molecule has 0 aliphatic heterocycles. The molecule has 144 valence electrons. The minimum atomic E-state index is -3.21. The number of sulfone groups is 1. The van der Waals surface area contributed by atoms with Gasteiger partial charge in [0, 0.05) is 11.3 Å². The Morgan fingerprint density at radius 3 is 2.52 bits per heavy atom. The molecule has 0 heterocycles. The average Bonchev–Trinajstić information content (AvgIpc) is 2.58. The molecular weight excluding hydrogens is 390 g/mol. The highest BCUT2D eigenvalue weighted by atomic mass is 35.5. The fourth-order valence-corrected chi connectivity index (χ4v) is 3.43. The molecule has 0 unspecified atom stereocenters. The van der Waals surface area contributed by atoms with E-state index in [0.717, 1.165) is 11.8 Å². The van der Waals surface area contributed by atoms with Gasteiger partial charge >= 0.3 is 5.97 Å². The van der Waals surface area contributed by atoms with Crippen molar-refractivity contribution in [3.63, 3.8) is 0 Å². The van der Waals surface area contributed by atoms with Crippen LogP contribution in [-0.4, -0.2) is 33.2 Å². The van der Waals surface area contributed by atoms with E-state index in [9.17, 15) is 18.0 Å². The Morgan fingerprint density at radius 2 is 1.85 bits per heavy atom. The highest BCUT2D eigenvalue weighted by Crippen LogP contribution is 2.17. The molecule has 1 amide bonds. The van der Waals surface area contributed by atoms with Gasteiger partial charge in [0.15, 0.2) is 16.4 Å². The van der Waals surface area contributed by atoms with Gasteiger partial charge in [0.2, 0.25) is 0 Å². The van der Waals surface area contributed by atoms with E-state index in [0.29, 0.717) is 10.6 Å². The van der Waals surface area contributed by atoms with E-state index in [-0.39, 0.29) is 17.4 Å². The molecule has 8 heteroatoms. The van der Waals surface area contributed by atoms with Gasteiger partial charge in [-0.25, -0.2) is 13.2 Å². The van der Waals surface area contributed by atoms with E-state index in [2.05, 4.69) is 5.32 Å². The molecule has 2 aromatic rings. The summed E-state index contributed by atoms with van der Waals surface area (Å²) in [5, 5.41) is 3.28. The maximum atomic E-state index is 12.1. The molecule has 0 aliphatic carbocycles. The lowest BCUT2D eigenvalue weighted by atomic mass is 10.1. The highest BCUT2D eigenvalue weighted by molar-refractivity contribution is 7.89. The first-order valence-electron chi connectivity index (χ1n) is 8.12.